The summed E-state index contributed by atoms with van der Waals surface area (Å²) in [6.07, 6.45) is -0.297. The van der Waals surface area contributed by atoms with Crippen molar-refractivity contribution in [3.8, 4) is 0 Å². The summed E-state index contributed by atoms with van der Waals surface area (Å²) in [4.78, 5) is 11.2. The lowest BCUT2D eigenvalue weighted by atomic mass is 10.2. The van der Waals surface area contributed by atoms with Crippen LogP contribution in [0.3, 0.4) is 0 Å². The zero-order valence-corrected chi connectivity index (χ0v) is 10.3. The van der Waals surface area contributed by atoms with Gasteiger partial charge in [-0.1, -0.05) is 12.1 Å². The average molecular weight is 251 g/mol. The van der Waals surface area contributed by atoms with Gasteiger partial charge in [0.2, 0.25) is 0 Å². The van der Waals surface area contributed by atoms with E-state index >= 15 is 0 Å². The highest BCUT2D eigenvalue weighted by molar-refractivity contribution is 5.75. The van der Waals surface area contributed by atoms with Gasteiger partial charge in [0, 0.05) is 11.3 Å². The average Bonchev–Trinajstić information content (AvgIpc) is 2.91. The summed E-state index contributed by atoms with van der Waals surface area (Å²) in [5, 5.41) is 3.01. The van der Waals surface area contributed by atoms with Crippen LogP contribution in [0.25, 0.3) is 0 Å². The minimum atomic E-state index is -0.297. The molecule has 98 valence electrons. The second-order valence-corrected chi connectivity index (χ2v) is 3.86. The number of rotatable bonds is 5. The van der Waals surface area contributed by atoms with Gasteiger partial charge in [-0.15, -0.1) is 0 Å². The van der Waals surface area contributed by atoms with E-state index in [1.165, 1.54) is 0 Å². The quantitative estimate of drug-likeness (QED) is 0.807. The van der Waals surface area contributed by atoms with Crippen molar-refractivity contribution in [3.63, 3.8) is 0 Å². The van der Waals surface area contributed by atoms with Crippen molar-refractivity contribution in [3.05, 3.63) is 29.8 Å². The largest absolute Gasteiger partial charge is 0.465 e. The fraction of sp³-hybridized carbons (Fsp3) is 0.462. The molecule has 18 heavy (non-hydrogen) atoms. The summed E-state index contributed by atoms with van der Waals surface area (Å²) < 4.78 is 15.7. The van der Waals surface area contributed by atoms with Gasteiger partial charge in [0.15, 0.2) is 6.29 Å². The van der Waals surface area contributed by atoms with E-state index in [2.05, 4.69) is 5.32 Å². The monoisotopic (exact) mass is 251 g/mol. The maximum Gasteiger partial charge on any atom is 0.325 e. The molecule has 0 unspecified atom stereocenters. The highest BCUT2D eigenvalue weighted by Crippen LogP contribution is 2.25. The second-order valence-electron chi connectivity index (χ2n) is 3.86. The Morgan fingerprint density at radius 3 is 2.94 bits per heavy atom. The summed E-state index contributed by atoms with van der Waals surface area (Å²) in [5.74, 6) is -0.267. The molecule has 0 bridgehead atoms. The molecule has 0 spiro atoms. The Kier molecular flexibility index (Phi) is 4.55. The second kappa shape index (κ2) is 6.37. The predicted octanol–water partition coefficient (Wildman–Crippen LogP) is 1.71. The summed E-state index contributed by atoms with van der Waals surface area (Å²) in [6, 6.07) is 7.63. The molecule has 2 rings (SSSR count). The Morgan fingerprint density at radius 2 is 2.22 bits per heavy atom. The van der Waals surface area contributed by atoms with Crippen LogP contribution in [0.5, 0.6) is 0 Å². The molecule has 0 radical (unpaired) electrons. The van der Waals surface area contributed by atoms with Crippen LogP contribution < -0.4 is 5.32 Å². The molecule has 0 aliphatic carbocycles. The Balaban J connectivity index is 1.92. The molecular weight excluding hydrogens is 234 g/mol. The van der Waals surface area contributed by atoms with Crippen LogP contribution in [0, 0.1) is 0 Å². The third-order valence-corrected chi connectivity index (χ3v) is 2.52. The first-order valence-corrected chi connectivity index (χ1v) is 6.02. The van der Waals surface area contributed by atoms with E-state index in [4.69, 9.17) is 14.2 Å². The molecule has 1 aromatic carbocycles. The molecule has 1 aromatic rings. The lowest BCUT2D eigenvalue weighted by molar-refractivity contribution is -0.140. The van der Waals surface area contributed by atoms with Crippen LogP contribution in [0.2, 0.25) is 0 Å². The van der Waals surface area contributed by atoms with E-state index in [9.17, 15) is 4.79 Å². The van der Waals surface area contributed by atoms with E-state index in [-0.39, 0.29) is 18.8 Å². The normalized spacial score (nSPS) is 15.6. The zero-order chi connectivity index (χ0) is 12.8. The Hall–Kier alpha value is -1.59. The minimum absolute atomic E-state index is 0.156. The predicted molar refractivity (Wildman–Crippen MR) is 66.2 cm³/mol. The minimum Gasteiger partial charge on any atom is -0.465 e. The van der Waals surface area contributed by atoms with Crippen LogP contribution in [0.1, 0.15) is 18.8 Å². The summed E-state index contributed by atoms with van der Waals surface area (Å²) in [7, 11) is 0. The number of carbonyl (C=O) groups excluding carboxylic acids is 1. The standard InChI is InChI=1S/C13H17NO4/c1-2-16-12(15)9-14-11-5-3-4-10(8-11)13-17-6-7-18-13/h3-5,8,13-14H,2,6-7,9H2,1H3. The van der Waals surface area contributed by atoms with Gasteiger partial charge in [-0.2, -0.15) is 0 Å². The molecular formula is C13H17NO4. The number of nitrogens with one attached hydrogen (secondary N) is 1. The Morgan fingerprint density at radius 1 is 1.44 bits per heavy atom. The molecule has 5 nitrogen and oxygen atoms in total. The lowest BCUT2D eigenvalue weighted by Crippen LogP contribution is -2.16. The molecule has 0 amide bonds. The van der Waals surface area contributed by atoms with Crippen LogP contribution in [-0.4, -0.2) is 32.3 Å². The highest BCUT2D eigenvalue weighted by atomic mass is 16.7. The SMILES string of the molecule is CCOC(=O)CNc1cccc(C2OCCO2)c1. The van der Waals surface area contributed by atoms with E-state index in [0.29, 0.717) is 19.8 Å². The van der Waals surface area contributed by atoms with Crippen LogP contribution in [0.4, 0.5) is 5.69 Å². The van der Waals surface area contributed by atoms with E-state index < -0.39 is 0 Å². The molecule has 5 heteroatoms. The van der Waals surface area contributed by atoms with Gasteiger partial charge in [0.25, 0.3) is 0 Å². The van der Waals surface area contributed by atoms with Crippen LogP contribution >= 0.6 is 0 Å². The van der Waals surface area contributed by atoms with Crippen molar-refractivity contribution in [1.29, 1.82) is 0 Å². The summed E-state index contributed by atoms with van der Waals surface area (Å²) >= 11 is 0. The third-order valence-electron chi connectivity index (χ3n) is 2.52. The molecule has 1 heterocycles. The van der Waals surface area contributed by atoms with Crippen LogP contribution in [0.15, 0.2) is 24.3 Å². The number of benzene rings is 1. The van der Waals surface area contributed by atoms with Crippen molar-refractivity contribution >= 4 is 11.7 Å². The third kappa shape index (κ3) is 3.45. The number of hydrogen-bond donors (Lipinski definition) is 1. The first-order chi connectivity index (χ1) is 8.79. The molecule has 1 saturated heterocycles. The first-order valence-electron chi connectivity index (χ1n) is 6.02. The number of ether oxygens (including phenoxy) is 3. The molecule has 0 atom stereocenters. The molecule has 0 aromatic heterocycles. The van der Waals surface area contributed by atoms with Crippen molar-refractivity contribution in [2.45, 2.75) is 13.2 Å². The first kappa shape index (κ1) is 12.9. The van der Waals surface area contributed by atoms with Gasteiger partial charge >= 0.3 is 5.97 Å². The van der Waals surface area contributed by atoms with E-state index in [1.54, 1.807) is 6.92 Å². The molecule has 1 fully saturated rings. The van der Waals surface area contributed by atoms with E-state index in [1.807, 2.05) is 24.3 Å². The smallest absolute Gasteiger partial charge is 0.325 e. The molecule has 1 N–H and O–H groups in total. The van der Waals surface area contributed by atoms with Crippen molar-refractivity contribution in [2.75, 3.05) is 31.7 Å². The van der Waals surface area contributed by atoms with Crippen molar-refractivity contribution < 1.29 is 19.0 Å². The topological polar surface area (TPSA) is 56.8 Å². The summed E-state index contributed by atoms with van der Waals surface area (Å²) in [6.45, 7) is 3.57. The fourth-order valence-electron chi connectivity index (χ4n) is 1.73. The van der Waals surface area contributed by atoms with Crippen molar-refractivity contribution in [1.82, 2.24) is 0 Å². The van der Waals surface area contributed by atoms with Gasteiger partial charge in [-0.25, -0.2) is 0 Å². The molecule has 1 aliphatic rings. The van der Waals surface area contributed by atoms with Crippen molar-refractivity contribution in [2.24, 2.45) is 0 Å². The zero-order valence-electron chi connectivity index (χ0n) is 10.3. The molecule has 0 saturated carbocycles. The van der Waals surface area contributed by atoms with Gasteiger partial charge in [-0.05, 0) is 19.1 Å². The number of anilines is 1. The Bertz CT molecular complexity index is 402. The lowest BCUT2D eigenvalue weighted by Gasteiger charge is -2.11. The van der Waals surface area contributed by atoms with Gasteiger partial charge in [0.05, 0.1) is 19.8 Å². The molecule has 1 aliphatic heterocycles. The van der Waals surface area contributed by atoms with E-state index in [0.717, 1.165) is 11.3 Å². The number of esters is 1. The van der Waals surface area contributed by atoms with Crippen LogP contribution in [-0.2, 0) is 19.0 Å². The fourth-order valence-corrected chi connectivity index (χ4v) is 1.73. The number of hydrogen-bond acceptors (Lipinski definition) is 5. The maximum atomic E-state index is 11.2. The maximum absolute atomic E-state index is 11.2. The number of carbonyl (C=O) groups is 1. The summed E-state index contributed by atoms with van der Waals surface area (Å²) in [5.41, 5.74) is 1.79. The van der Waals surface area contributed by atoms with Gasteiger partial charge in [0.1, 0.15) is 6.54 Å². The van der Waals surface area contributed by atoms with Gasteiger partial charge < -0.3 is 19.5 Å². The van der Waals surface area contributed by atoms with Gasteiger partial charge in [-0.3, -0.25) is 4.79 Å². The Labute approximate surface area is 106 Å². The highest BCUT2D eigenvalue weighted by Gasteiger charge is 2.18.